The highest BCUT2D eigenvalue weighted by Crippen LogP contribution is 2.23. The number of carbonyl (C=O) groups is 1. The predicted octanol–water partition coefficient (Wildman–Crippen LogP) is 3.72. The summed E-state index contributed by atoms with van der Waals surface area (Å²) < 4.78 is 64.9. The molecule has 0 spiro atoms. The number of ether oxygens (including phenoxy) is 1. The van der Waals surface area contributed by atoms with E-state index in [4.69, 9.17) is 0 Å². The average Bonchev–Trinajstić information content (AvgIpc) is 2.60. The summed E-state index contributed by atoms with van der Waals surface area (Å²) in [6.45, 7) is 1.98. The molecule has 2 aromatic carbocycles. The topological polar surface area (TPSA) is 63.7 Å². The quantitative estimate of drug-likeness (QED) is 0.692. The van der Waals surface area contributed by atoms with E-state index in [0.717, 1.165) is 17.7 Å². The van der Waals surface area contributed by atoms with Gasteiger partial charge in [-0.2, -0.15) is 0 Å². The molecule has 0 radical (unpaired) electrons. The van der Waals surface area contributed by atoms with Gasteiger partial charge in [-0.1, -0.05) is 29.8 Å². The minimum Gasteiger partial charge on any atom is -0.406 e. The van der Waals surface area contributed by atoms with Crippen LogP contribution in [0.1, 0.15) is 17.5 Å². The maximum absolute atomic E-state index is 12.3. The van der Waals surface area contributed by atoms with E-state index in [2.05, 4.69) is 4.74 Å². The second-order valence-electron chi connectivity index (χ2n) is 6.32. The summed E-state index contributed by atoms with van der Waals surface area (Å²) in [4.78, 5) is 13.7. The zero-order chi connectivity index (χ0) is 20.9. The Balaban J connectivity index is 1.91. The molecule has 0 atom stereocenters. The third-order valence-electron chi connectivity index (χ3n) is 3.97. The zero-order valence-corrected chi connectivity index (χ0v) is 16.2. The van der Waals surface area contributed by atoms with Crippen molar-refractivity contribution in [3.8, 4) is 5.75 Å². The summed E-state index contributed by atoms with van der Waals surface area (Å²) >= 11 is 0. The fraction of sp³-hybridized carbons (Fsp3) is 0.316. The molecule has 0 saturated carbocycles. The van der Waals surface area contributed by atoms with E-state index in [1.165, 1.54) is 36.2 Å². The van der Waals surface area contributed by atoms with E-state index in [1.807, 2.05) is 6.92 Å². The molecule has 0 unspecified atom stereocenters. The molecule has 0 heterocycles. The number of aryl methyl sites for hydroxylation is 1. The number of hydrogen-bond acceptors (Lipinski definition) is 4. The number of amides is 1. The first-order chi connectivity index (χ1) is 13.0. The van der Waals surface area contributed by atoms with Gasteiger partial charge in [0, 0.05) is 20.0 Å². The van der Waals surface area contributed by atoms with Gasteiger partial charge in [0.1, 0.15) is 5.75 Å². The van der Waals surface area contributed by atoms with E-state index in [-0.39, 0.29) is 35.3 Å². The van der Waals surface area contributed by atoms with Crippen molar-refractivity contribution >= 4 is 15.7 Å². The van der Waals surface area contributed by atoms with Crippen LogP contribution < -0.4 is 4.74 Å². The Labute approximate surface area is 161 Å². The number of carbonyl (C=O) groups excluding carboxylic acids is 1. The minimum atomic E-state index is -4.77. The van der Waals surface area contributed by atoms with Crippen molar-refractivity contribution in [1.82, 2.24) is 4.90 Å². The summed E-state index contributed by atoms with van der Waals surface area (Å²) in [6, 6.07) is 11.5. The summed E-state index contributed by atoms with van der Waals surface area (Å²) in [5.41, 5.74) is 1.52. The summed E-state index contributed by atoms with van der Waals surface area (Å²) in [6.07, 6.45) is -4.96. The second-order valence-corrected chi connectivity index (χ2v) is 8.43. The van der Waals surface area contributed by atoms with Gasteiger partial charge < -0.3 is 9.64 Å². The van der Waals surface area contributed by atoms with Crippen LogP contribution in [-0.4, -0.2) is 38.4 Å². The Morgan fingerprint density at radius 2 is 1.61 bits per heavy atom. The van der Waals surface area contributed by atoms with Crippen molar-refractivity contribution in [2.24, 2.45) is 0 Å². The third kappa shape index (κ3) is 6.56. The number of alkyl halides is 3. The normalized spacial score (nSPS) is 11.9. The molecule has 2 rings (SSSR count). The van der Waals surface area contributed by atoms with Crippen LogP contribution in [0.3, 0.4) is 0 Å². The van der Waals surface area contributed by atoms with Gasteiger partial charge in [-0.05, 0) is 36.8 Å². The molecular formula is C19H20F3NO4S. The lowest BCUT2D eigenvalue weighted by Crippen LogP contribution is -2.28. The molecule has 5 nitrogen and oxygen atoms in total. The van der Waals surface area contributed by atoms with Crippen molar-refractivity contribution in [2.75, 3.05) is 12.8 Å². The van der Waals surface area contributed by atoms with Crippen molar-refractivity contribution in [1.29, 1.82) is 0 Å². The molecule has 9 heteroatoms. The molecule has 0 aliphatic carbocycles. The lowest BCUT2D eigenvalue weighted by molar-refractivity contribution is -0.274. The van der Waals surface area contributed by atoms with Crippen LogP contribution in [0.4, 0.5) is 13.2 Å². The van der Waals surface area contributed by atoms with Crippen LogP contribution in [0, 0.1) is 6.92 Å². The lowest BCUT2D eigenvalue weighted by atomic mass is 10.2. The van der Waals surface area contributed by atoms with Gasteiger partial charge in [-0.25, -0.2) is 8.42 Å². The second kappa shape index (κ2) is 8.64. The largest absolute Gasteiger partial charge is 0.573 e. The first-order valence-corrected chi connectivity index (χ1v) is 9.99. The van der Waals surface area contributed by atoms with Crippen LogP contribution in [0.2, 0.25) is 0 Å². The van der Waals surface area contributed by atoms with Gasteiger partial charge in [0.2, 0.25) is 5.91 Å². The van der Waals surface area contributed by atoms with Crippen LogP contribution >= 0.6 is 0 Å². The zero-order valence-electron chi connectivity index (χ0n) is 15.4. The Hall–Kier alpha value is -2.55. The predicted molar refractivity (Wildman–Crippen MR) is 97.4 cm³/mol. The van der Waals surface area contributed by atoms with Crippen LogP contribution in [0.25, 0.3) is 0 Å². The minimum absolute atomic E-state index is 0.135. The molecule has 0 N–H and O–H groups in total. The molecule has 28 heavy (non-hydrogen) atoms. The Morgan fingerprint density at radius 3 is 2.14 bits per heavy atom. The van der Waals surface area contributed by atoms with Crippen molar-refractivity contribution in [3.63, 3.8) is 0 Å². The number of sulfone groups is 1. The van der Waals surface area contributed by atoms with Crippen molar-refractivity contribution in [3.05, 3.63) is 59.7 Å². The van der Waals surface area contributed by atoms with Gasteiger partial charge in [-0.15, -0.1) is 13.2 Å². The molecular weight excluding hydrogens is 395 g/mol. The lowest BCUT2D eigenvalue weighted by Gasteiger charge is -2.18. The SMILES string of the molecule is Cc1ccc(S(=O)(=O)CCC(=O)N(C)Cc2ccc(OC(F)(F)F)cc2)cc1. The van der Waals surface area contributed by atoms with Crippen LogP contribution in [0.5, 0.6) is 5.75 Å². The van der Waals surface area contributed by atoms with E-state index in [1.54, 1.807) is 12.1 Å². The van der Waals surface area contributed by atoms with Gasteiger partial charge in [0.15, 0.2) is 9.84 Å². The fourth-order valence-electron chi connectivity index (χ4n) is 2.43. The average molecular weight is 415 g/mol. The van der Waals surface area contributed by atoms with Crippen LogP contribution in [-0.2, 0) is 21.2 Å². The first-order valence-electron chi connectivity index (χ1n) is 8.34. The smallest absolute Gasteiger partial charge is 0.406 e. The van der Waals surface area contributed by atoms with E-state index < -0.39 is 16.2 Å². The van der Waals surface area contributed by atoms with Gasteiger partial charge in [-0.3, -0.25) is 4.79 Å². The van der Waals surface area contributed by atoms with Crippen LogP contribution in [0.15, 0.2) is 53.4 Å². The Kier molecular flexibility index (Phi) is 6.71. The highest BCUT2D eigenvalue weighted by molar-refractivity contribution is 7.91. The molecule has 0 fully saturated rings. The van der Waals surface area contributed by atoms with Gasteiger partial charge >= 0.3 is 6.36 Å². The highest BCUT2D eigenvalue weighted by Gasteiger charge is 2.31. The number of nitrogens with zero attached hydrogens (tertiary/aromatic N) is 1. The number of halogens is 3. The summed E-state index contributed by atoms with van der Waals surface area (Å²) in [5.74, 6) is -1.06. The van der Waals surface area contributed by atoms with E-state index in [9.17, 15) is 26.4 Å². The fourth-order valence-corrected chi connectivity index (χ4v) is 3.66. The molecule has 2 aromatic rings. The molecule has 0 aliphatic heterocycles. The molecule has 0 bridgehead atoms. The van der Waals surface area contributed by atoms with Gasteiger partial charge in [0.25, 0.3) is 0 Å². The molecule has 1 amide bonds. The standard InChI is InChI=1S/C19H20F3NO4S/c1-14-3-9-17(10-4-14)28(25,26)12-11-18(24)23(2)13-15-5-7-16(8-6-15)27-19(20,21)22/h3-10H,11-13H2,1-2H3. The summed E-state index contributed by atoms with van der Waals surface area (Å²) in [5, 5.41) is 0. The van der Waals surface area contributed by atoms with E-state index in [0.29, 0.717) is 5.56 Å². The maximum Gasteiger partial charge on any atom is 0.573 e. The third-order valence-corrected chi connectivity index (χ3v) is 5.70. The maximum atomic E-state index is 12.3. The van der Waals surface area contributed by atoms with E-state index >= 15 is 0 Å². The van der Waals surface area contributed by atoms with Crippen molar-refractivity contribution in [2.45, 2.75) is 31.1 Å². The summed E-state index contributed by atoms with van der Waals surface area (Å²) in [7, 11) is -2.07. The Bertz CT molecular complexity index is 908. The molecule has 0 aromatic heterocycles. The first kappa shape index (κ1) is 21.7. The number of hydrogen-bond donors (Lipinski definition) is 0. The number of benzene rings is 2. The highest BCUT2D eigenvalue weighted by atomic mass is 32.2. The molecule has 0 saturated heterocycles. The van der Waals surface area contributed by atoms with Crippen molar-refractivity contribution < 1.29 is 31.1 Å². The monoisotopic (exact) mass is 415 g/mol. The number of rotatable bonds is 7. The molecule has 0 aliphatic rings. The molecule has 152 valence electrons. The van der Waals surface area contributed by atoms with Gasteiger partial charge in [0.05, 0.1) is 10.6 Å². The Morgan fingerprint density at radius 1 is 1.04 bits per heavy atom.